The first-order valence-electron chi connectivity index (χ1n) is 5.92. The molecule has 0 bridgehead atoms. The molecule has 0 aliphatic rings. The van der Waals surface area contributed by atoms with Crippen molar-refractivity contribution in [3.63, 3.8) is 0 Å². The van der Waals surface area contributed by atoms with E-state index in [-0.39, 0.29) is 5.41 Å². The van der Waals surface area contributed by atoms with Gasteiger partial charge in [-0.25, -0.2) is 4.98 Å². The Balaban J connectivity index is 2.55. The van der Waals surface area contributed by atoms with E-state index < -0.39 is 0 Å². The molecule has 1 aromatic heterocycles. The van der Waals surface area contributed by atoms with E-state index in [1.54, 1.807) is 11.3 Å². The lowest BCUT2D eigenvalue weighted by Crippen LogP contribution is -2.33. The van der Waals surface area contributed by atoms with Crippen LogP contribution in [0.15, 0.2) is 22.7 Å². The minimum Gasteiger partial charge on any atom is -0.329 e. The Morgan fingerprint density at radius 1 is 1.35 bits per heavy atom. The van der Waals surface area contributed by atoms with E-state index in [2.05, 4.69) is 48.0 Å². The summed E-state index contributed by atoms with van der Waals surface area (Å²) in [6.07, 6.45) is 2.09. The van der Waals surface area contributed by atoms with Crippen LogP contribution in [0.5, 0.6) is 0 Å². The molecule has 0 aliphatic carbocycles. The van der Waals surface area contributed by atoms with Crippen LogP contribution in [-0.2, 0) is 5.41 Å². The topological polar surface area (TPSA) is 38.9 Å². The van der Waals surface area contributed by atoms with Crippen molar-refractivity contribution in [1.82, 2.24) is 4.98 Å². The van der Waals surface area contributed by atoms with Crippen LogP contribution in [-0.4, -0.2) is 11.5 Å². The van der Waals surface area contributed by atoms with Crippen LogP contribution in [0.4, 0.5) is 0 Å². The SMILES string of the molecule is CCC(CC)(CN)c1nc2cc(Br)ccc2s1. The number of benzene rings is 1. The van der Waals surface area contributed by atoms with Gasteiger partial charge >= 0.3 is 0 Å². The van der Waals surface area contributed by atoms with Gasteiger partial charge in [-0.05, 0) is 31.0 Å². The monoisotopic (exact) mass is 312 g/mol. The molecule has 17 heavy (non-hydrogen) atoms. The Hall–Kier alpha value is -0.450. The number of nitrogens with zero attached hydrogens (tertiary/aromatic N) is 1. The van der Waals surface area contributed by atoms with Crippen LogP contribution in [0.25, 0.3) is 10.2 Å². The van der Waals surface area contributed by atoms with E-state index in [0.29, 0.717) is 6.54 Å². The van der Waals surface area contributed by atoms with E-state index in [0.717, 1.165) is 22.8 Å². The lowest BCUT2D eigenvalue weighted by molar-refractivity contribution is 0.405. The lowest BCUT2D eigenvalue weighted by Gasteiger charge is -2.27. The molecule has 0 unspecified atom stereocenters. The number of thiazole rings is 1. The minimum atomic E-state index is 0.0517. The fourth-order valence-electron chi connectivity index (χ4n) is 2.06. The largest absolute Gasteiger partial charge is 0.329 e. The predicted octanol–water partition coefficient (Wildman–Crippen LogP) is 4.08. The van der Waals surface area contributed by atoms with Gasteiger partial charge in [0.15, 0.2) is 0 Å². The van der Waals surface area contributed by atoms with Crippen molar-refractivity contribution < 1.29 is 0 Å². The molecular weight excluding hydrogens is 296 g/mol. The third-order valence-corrected chi connectivity index (χ3v) is 5.32. The van der Waals surface area contributed by atoms with Gasteiger partial charge in [0.05, 0.1) is 10.2 Å². The first-order valence-corrected chi connectivity index (χ1v) is 7.53. The molecule has 0 aliphatic heterocycles. The first-order chi connectivity index (χ1) is 8.15. The summed E-state index contributed by atoms with van der Waals surface area (Å²) in [5, 5.41) is 1.18. The molecule has 1 aromatic carbocycles. The summed E-state index contributed by atoms with van der Waals surface area (Å²) < 4.78 is 2.32. The fraction of sp³-hybridized carbons (Fsp3) is 0.462. The van der Waals surface area contributed by atoms with Gasteiger partial charge in [0, 0.05) is 16.4 Å². The maximum atomic E-state index is 5.97. The van der Waals surface area contributed by atoms with Crippen LogP contribution in [0.2, 0.25) is 0 Å². The van der Waals surface area contributed by atoms with Crippen LogP contribution in [0, 0.1) is 0 Å². The second kappa shape index (κ2) is 5.04. The first kappa shape index (κ1) is 13.0. The minimum absolute atomic E-state index is 0.0517. The van der Waals surface area contributed by atoms with Crippen LogP contribution in [0.1, 0.15) is 31.7 Å². The van der Waals surface area contributed by atoms with Crippen molar-refractivity contribution in [2.75, 3.05) is 6.54 Å². The Morgan fingerprint density at radius 3 is 2.65 bits per heavy atom. The van der Waals surface area contributed by atoms with E-state index >= 15 is 0 Å². The number of fused-ring (bicyclic) bond motifs is 1. The van der Waals surface area contributed by atoms with Gasteiger partial charge in [0.25, 0.3) is 0 Å². The zero-order valence-corrected chi connectivity index (χ0v) is 12.6. The highest BCUT2D eigenvalue weighted by molar-refractivity contribution is 9.10. The number of nitrogens with two attached hydrogens (primary N) is 1. The molecule has 0 amide bonds. The molecule has 0 spiro atoms. The lowest BCUT2D eigenvalue weighted by atomic mass is 9.83. The van der Waals surface area contributed by atoms with Crippen LogP contribution < -0.4 is 5.73 Å². The van der Waals surface area contributed by atoms with Crippen molar-refractivity contribution in [2.24, 2.45) is 5.73 Å². The van der Waals surface area contributed by atoms with Crippen molar-refractivity contribution in [3.8, 4) is 0 Å². The second-order valence-electron chi connectivity index (χ2n) is 4.32. The van der Waals surface area contributed by atoms with E-state index in [9.17, 15) is 0 Å². The van der Waals surface area contributed by atoms with Gasteiger partial charge < -0.3 is 5.73 Å². The highest BCUT2D eigenvalue weighted by Gasteiger charge is 2.30. The van der Waals surface area contributed by atoms with Gasteiger partial charge in [-0.3, -0.25) is 0 Å². The molecule has 0 saturated heterocycles. The number of hydrogen-bond donors (Lipinski definition) is 1. The molecule has 0 saturated carbocycles. The summed E-state index contributed by atoms with van der Waals surface area (Å²) in [5.41, 5.74) is 7.09. The molecular formula is C13H17BrN2S. The van der Waals surface area contributed by atoms with Crippen LogP contribution in [0.3, 0.4) is 0 Å². The summed E-state index contributed by atoms with van der Waals surface area (Å²) in [6, 6.07) is 6.25. The van der Waals surface area contributed by atoms with E-state index in [1.807, 2.05) is 0 Å². The van der Waals surface area contributed by atoms with Gasteiger partial charge in [-0.2, -0.15) is 0 Å². The fourth-order valence-corrected chi connectivity index (χ4v) is 3.69. The zero-order chi connectivity index (χ0) is 12.5. The summed E-state index contributed by atoms with van der Waals surface area (Å²) in [4.78, 5) is 4.77. The summed E-state index contributed by atoms with van der Waals surface area (Å²) >= 11 is 5.26. The number of halogens is 1. The standard InChI is InChI=1S/C13H17BrN2S/c1-3-13(4-2,8-15)12-16-10-7-9(14)5-6-11(10)17-12/h5-7H,3-4,8,15H2,1-2H3. The Kier molecular flexibility index (Phi) is 3.85. The predicted molar refractivity (Wildman–Crippen MR) is 78.6 cm³/mol. The number of rotatable bonds is 4. The molecule has 2 rings (SSSR count). The van der Waals surface area contributed by atoms with Gasteiger partial charge in [0.1, 0.15) is 5.01 Å². The van der Waals surface area contributed by atoms with Gasteiger partial charge in [-0.1, -0.05) is 29.8 Å². The molecule has 2 N–H and O–H groups in total. The Morgan fingerprint density at radius 2 is 2.06 bits per heavy atom. The third kappa shape index (κ3) is 2.26. The highest BCUT2D eigenvalue weighted by atomic mass is 79.9. The molecule has 2 nitrogen and oxygen atoms in total. The highest BCUT2D eigenvalue weighted by Crippen LogP contribution is 2.36. The Labute approximate surface area is 114 Å². The van der Waals surface area contributed by atoms with Crippen molar-refractivity contribution in [2.45, 2.75) is 32.1 Å². The number of hydrogen-bond acceptors (Lipinski definition) is 3. The third-order valence-electron chi connectivity index (χ3n) is 3.55. The summed E-state index contributed by atoms with van der Waals surface area (Å²) in [7, 11) is 0. The summed E-state index contributed by atoms with van der Waals surface area (Å²) in [6.45, 7) is 5.05. The van der Waals surface area contributed by atoms with E-state index in [4.69, 9.17) is 10.7 Å². The molecule has 0 radical (unpaired) electrons. The molecule has 0 atom stereocenters. The quantitative estimate of drug-likeness (QED) is 0.924. The van der Waals surface area contributed by atoms with Crippen molar-refractivity contribution >= 4 is 37.5 Å². The Bertz CT molecular complexity index is 509. The average Bonchev–Trinajstić information content (AvgIpc) is 2.75. The van der Waals surface area contributed by atoms with E-state index in [1.165, 1.54) is 9.71 Å². The molecule has 0 fully saturated rings. The van der Waals surface area contributed by atoms with Crippen molar-refractivity contribution in [1.29, 1.82) is 0 Å². The maximum Gasteiger partial charge on any atom is 0.101 e. The van der Waals surface area contributed by atoms with Crippen molar-refractivity contribution in [3.05, 3.63) is 27.7 Å². The smallest absolute Gasteiger partial charge is 0.101 e. The maximum absolute atomic E-state index is 5.97. The molecule has 92 valence electrons. The van der Waals surface area contributed by atoms with Gasteiger partial charge in [0.2, 0.25) is 0 Å². The molecule has 1 heterocycles. The summed E-state index contributed by atoms with van der Waals surface area (Å²) in [5.74, 6) is 0. The zero-order valence-electron chi connectivity index (χ0n) is 10.2. The second-order valence-corrected chi connectivity index (χ2v) is 6.27. The average molecular weight is 313 g/mol. The molecule has 2 aromatic rings. The molecule has 4 heteroatoms. The van der Waals surface area contributed by atoms with Crippen LogP contribution >= 0.6 is 27.3 Å². The normalized spacial score (nSPS) is 12.2. The van der Waals surface area contributed by atoms with Gasteiger partial charge in [-0.15, -0.1) is 11.3 Å². The number of aromatic nitrogens is 1.